The Labute approximate surface area is 317 Å². The summed E-state index contributed by atoms with van der Waals surface area (Å²) < 4.78 is 0. The fourth-order valence-electron chi connectivity index (χ4n) is 7.58. The molecule has 54 heavy (non-hydrogen) atoms. The van der Waals surface area contributed by atoms with Gasteiger partial charge in [-0.2, -0.15) is 0 Å². The predicted molar refractivity (Wildman–Crippen MR) is 231 cm³/mol. The van der Waals surface area contributed by atoms with Crippen LogP contribution in [0.3, 0.4) is 0 Å². The Balaban J connectivity index is 1.19. The Hall–Kier alpha value is -7.10. The van der Waals surface area contributed by atoms with E-state index in [1.54, 1.807) is 0 Å². The Morgan fingerprint density at radius 1 is 0.296 bits per heavy atom. The monoisotopic (exact) mass is 693 g/mol. The van der Waals surface area contributed by atoms with Crippen LogP contribution < -0.4 is 14.7 Å². The van der Waals surface area contributed by atoms with Gasteiger partial charge in [-0.1, -0.05) is 146 Å². The zero-order valence-corrected chi connectivity index (χ0v) is 30.1. The lowest BCUT2D eigenvalue weighted by Crippen LogP contribution is -2.14. The third kappa shape index (κ3) is 6.23. The molecule has 0 unspecified atom stereocenters. The highest BCUT2D eigenvalue weighted by atomic mass is 15.2. The highest BCUT2D eigenvalue weighted by Crippen LogP contribution is 2.45. The summed E-state index contributed by atoms with van der Waals surface area (Å²) in [7, 11) is 2.16. The summed E-state index contributed by atoms with van der Waals surface area (Å²) in [5, 5.41) is 4.84. The van der Waals surface area contributed by atoms with Gasteiger partial charge in [0.05, 0.1) is 17.1 Å². The smallest absolute Gasteiger partial charge is 0.0540 e. The van der Waals surface area contributed by atoms with Crippen molar-refractivity contribution in [1.82, 2.24) is 0 Å². The topological polar surface area (TPSA) is 9.72 Å². The van der Waals surface area contributed by atoms with Crippen molar-refractivity contribution in [1.29, 1.82) is 0 Å². The summed E-state index contributed by atoms with van der Waals surface area (Å²) in [5.74, 6) is 0. The number of hydrogen-bond donors (Lipinski definition) is 0. The molecule has 0 aliphatic carbocycles. The molecule has 0 saturated heterocycles. The molecule has 0 amide bonds. The number of hydrogen-bond acceptors (Lipinski definition) is 3. The number of para-hydroxylation sites is 3. The van der Waals surface area contributed by atoms with E-state index in [2.05, 4.69) is 240 Å². The van der Waals surface area contributed by atoms with E-state index in [1.165, 1.54) is 21.5 Å². The molecule has 0 bridgehead atoms. The lowest BCUT2D eigenvalue weighted by Gasteiger charge is -2.30. The molecule has 0 aliphatic heterocycles. The fourth-order valence-corrected chi connectivity index (χ4v) is 7.58. The van der Waals surface area contributed by atoms with E-state index >= 15 is 0 Å². The molecular weight excluding hydrogens is 655 g/mol. The van der Waals surface area contributed by atoms with E-state index in [0.29, 0.717) is 0 Å². The lowest BCUT2D eigenvalue weighted by molar-refractivity contribution is 1.20. The minimum Gasteiger partial charge on any atom is -0.344 e. The number of rotatable bonds is 9. The van der Waals surface area contributed by atoms with Crippen LogP contribution in [0.25, 0.3) is 32.7 Å². The van der Waals surface area contributed by atoms with Gasteiger partial charge in [-0.3, -0.25) is 0 Å². The first-order valence-corrected chi connectivity index (χ1v) is 18.4. The Morgan fingerprint density at radius 3 is 1.24 bits per heavy atom. The van der Waals surface area contributed by atoms with E-state index in [9.17, 15) is 0 Å². The van der Waals surface area contributed by atoms with Crippen LogP contribution in [0.1, 0.15) is 0 Å². The lowest BCUT2D eigenvalue weighted by atomic mass is 9.99. The van der Waals surface area contributed by atoms with Gasteiger partial charge in [-0.25, -0.2) is 0 Å². The predicted octanol–water partition coefficient (Wildman–Crippen LogP) is 14.4. The molecule has 9 aromatic carbocycles. The molecular formula is C51H39N3. The molecule has 3 nitrogen and oxygen atoms in total. The van der Waals surface area contributed by atoms with Crippen LogP contribution in [-0.4, -0.2) is 7.05 Å². The molecule has 0 N–H and O–H groups in total. The van der Waals surface area contributed by atoms with E-state index < -0.39 is 0 Å². The molecule has 9 aromatic rings. The van der Waals surface area contributed by atoms with Crippen molar-refractivity contribution in [2.75, 3.05) is 21.7 Å². The zero-order chi connectivity index (χ0) is 36.3. The van der Waals surface area contributed by atoms with Crippen molar-refractivity contribution in [3.8, 4) is 11.1 Å². The first-order chi connectivity index (χ1) is 26.7. The minimum atomic E-state index is 1.09. The maximum atomic E-state index is 2.37. The van der Waals surface area contributed by atoms with E-state index in [-0.39, 0.29) is 0 Å². The first kappa shape index (κ1) is 32.8. The van der Waals surface area contributed by atoms with Gasteiger partial charge in [-0.05, 0) is 89.1 Å². The summed E-state index contributed by atoms with van der Waals surface area (Å²) in [6.07, 6.45) is 0. The van der Waals surface area contributed by atoms with E-state index in [4.69, 9.17) is 0 Å². The molecule has 0 radical (unpaired) electrons. The SMILES string of the molecule is CN(c1ccccc1)c1cc(N(c2ccccc2)c2cccc3ccccc23)ccc1-c1ccc(N(c2ccccc2)c2cccc3ccccc23)cc1. The number of fused-ring (bicyclic) bond motifs is 2. The van der Waals surface area contributed by atoms with Gasteiger partial charge in [0, 0.05) is 51.8 Å². The Bertz CT molecular complexity index is 2660. The molecule has 0 spiro atoms. The van der Waals surface area contributed by atoms with E-state index in [0.717, 1.165) is 56.6 Å². The summed E-state index contributed by atoms with van der Waals surface area (Å²) >= 11 is 0. The minimum absolute atomic E-state index is 1.09. The van der Waals surface area contributed by atoms with Crippen molar-refractivity contribution in [3.05, 3.63) is 218 Å². The van der Waals surface area contributed by atoms with Gasteiger partial charge >= 0.3 is 0 Å². The average Bonchev–Trinajstić information content (AvgIpc) is 3.25. The second-order valence-electron chi connectivity index (χ2n) is 13.5. The zero-order valence-electron chi connectivity index (χ0n) is 30.1. The van der Waals surface area contributed by atoms with Gasteiger partial charge in [0.25, 0.3) is 0 Å². The van der Waals surface area contributed by atoms with Gasteiger partial charge in [0.15, 0.2) is 0 Å². The van der Waals surface area contributed by atoms with Crippen LogP contribution in [0.4, 0.5) is 45.5 Å². The molecule has 0 aliphatic rings. The van der Waals surface area contributed by atoms with Gasteiger partial charge in [0.1, 0.15) is 0 Å². The van der Waals surface area contributed by atoms with Gasteiger partial charge in [0.2, 0.25) is 0 Å². The molecule has 0 aromatic heterocycles. The normalized spacial score (nSPS) is 11.1. The van der Waals surface area contributed by atoms with Crippen molar-refractivity contribution in [3.63, 3.8) is 0 Å². The van der Waals surface area contributed by atoms with Crippen LogP contribution >= 0.6 is 0 Å². The molecule has 9 rings (SSSR count). The number of nitrogens with zero attached hydrogens (tertiary/aromatic N) is 3. The third-order valence-corrected chi connectivity index (χ3v) is 10.2. The van der Waals surface area contributed by atoms with E-state index in [1.807, 2.05) is 0 Å². The van der Waals surface area contributed by atoms with Crippen LogP contribution in [0, 0.1) is 0 Å². The maximum Gasteiger partial charge on any atom is 0.0540 e. The maximum absolute atomic E-state index is 2.37. The van der Waals surface area contributed by atoms with Gasteiger partial charge < -0.3 is 14.7 Å². The molecule has 0 atom stereocenters. The highest BCUT2D eigenvalue weighted by Gasteiger charge is 2.20. The van der Waals surface area contributed by atoms with Crippen molar-refractivity contribution in [2.45, 2.75) is 0 Å². The fraction of sp³-hybridized carbons (Fsp3) is 0.0196. The number of anilines is 8. The van der Waals surface area contributed by atoms with Crippen LogP contribution in [0.2, 0.25) is 0 Å². The standard InChI is InChI=1S/C51H39N3/c1-52(41-21-5-2-6-22-41)51-37-45(54(43-25-9-4-10-26-43)50-30-16-20-39-18-12-14-28-47(39)50)35-36-48(51)40-31-33-44(34-32-40)53(42-23-7-3-8-24-42)49-29-15-19-38-17-11-13-27-46(38)49/h2-37H,1H3. The molecule has 0 saturated carbocycles. The second-order valence-corrected chi connectivity index (χ2v) is 13.5. The largest absolute Gasteiger partial charge is 0.344 e. The molecule has 0 fully saturated rings. The molecule has 3 heteroatoms. The summed E-state index contributed by atoms with van der Waals surface area (Å²) in [4.78, 5) is 7.03. The molecule has 258 valence electrons. The van der Waals surface area contributed by atoms with Crippen molar-refractivity contribution in [2.24, 2.45) is 0 Å². The summed E-state index contributed by atoms with van der Waals surface area (Å²) in [6.45, 7) is 0. The van der Waals surface area contributed by atoms with Crippen LogP contribution in [0.5, 0.6) is 0 Å². The Kier molecular flexibility index (Phi) is 8.80. The Morgan fingerprint density at radius 2 is 0.704 bits per heavy atom. The second kappa shape index (κ2) is 14.5. The summed E-state index contributed by atoms with van der Waals surface area (Å²) in [6, 6.07) is 78.1. The van der Waals surface area contributed by atoms with Crippen molar-refractivity contribution >= 4 is 67.0 Å². The van der Waals surface area contributed by atoms with Crippen LogP contribution in [0.15, 0.2) is 218 Å². The van der Waals surface area contributed by atoms with Crippen molar-refractivity contribution < 1.29 is 0 Å². The molecule has 0 heterocycles. The first-order valence-electron chi connectivity index (χ1n) is 18.4. The highest BCUT2D eigenvalue weighted by molar-refractivity contribution is 6.01. The quantitative estimate of drug-likeness (QED) is 0.149. The third-order valence-electron chi connectivity index (χ3n) is 10.2. The average molecular weight is 694 g/mol. The number of benzene rings is 9. The van der Waals surface area contributed by atoms with Crippen LogP contribution in [-0.2, 0) is 0 Å². The summed E-state index contributed by atoms with van der Waals surface area (Å²) in [5.41, 5.74) is 11.2. The van der Waals surface area contributed by atoms with Gasteiger partial charge in [-0.15, -0.1) is 0 Å².